The van der Waals surface area contributed by atoms with E-state index in [1.54, 1.807) is 11.7 Å². The lowest BCUT2D eigenvalue weighted by Crippen LogP contribution is -2.42. The first kappa shape index (κ1) is 20.3. The minimum atomic E-state index is -0.762. The molecular weight excluding hydrogens is 372 g/mol. The molecule has 154 valence electrons. The number of hydrogen-bond donors (Lipinski definition) is 0. The standard InChI is InChI=1S/C26H28N2O2/c1-4-5-18-26(19-12-11-15-21-13-7-6-8-14-21)24-20(2)22-16-9-10-17-23(22)27(24)25(29)28(26)30-3/h6-10,13-14,16-17H,4-5,11,15,18H2,1-3H3. The lowest BCUT2D eigenvalue weighted by atomic mass is 9.87. The highest BCUT2D eigenvalue weighted by atomic mass is 16.7. The molecule has 0 saturated heterocycles. The predicted octanol–water partition coefficient (Wildman–Crippen LogP) is 5.82. The van der Waals surface area contributed by atoms with Gasteiger partial charge in [-0.3, -0.25) is 9.40 Å². The molecule has 4 nitrogen and oxygen atoms in total. The van der Waals surface area contributed by atoms with Crippen molar-refractivity contribution in [2.75, 3.05) is 7.11 Å². The van der Waals surface area contributed by atoms with Gasteiger partial charge >= 0.3 is 6.03 Å². The summed E-state index contributed by atoms with van der Waals surface area (Å²) >= 11 is 0. The molecule has 1 aromatic heterocycles. The fourth-order valence-corrected chi connectivity index (χ4v) is 4.56. The summed E-state index contributed by atoms with van der Waals surface area (Å²) in [5.41, 5.74) is 3.48. The molecule has 4 rings (SSSR count). The van der Waals surface area contributed by atoms with Gasteiger partial charge in [0.1, 0.15) is 0 Å². The maximum absolute atomic E-state index is 13.4. The van der Waals surface area contributed by atoms with E-state index in [9.17, 15) is 4.79 Å². The largest absolute Gasteiger partial charge is 0.354 e. The van der Waals surface area contributed by atoms with Crippen LogP contribution in [0.15, 0.2) is 54.6 Å². The molecule has 0 spiro atoms. The Hall–Kier alpha value is -3.03. The minimum Gasteiger partial charge on any atom is -0.271 e. The van der Waals surface area contributed by atoms with E-state index in [2.05, 4.69) is 56.0 Å². The molecule has 2 aromatic carbocycles. The Morgan fingerprint density at radius 2 is 1.80 bits per heavy atom. The second-order valence-corrected chi connectivity index (χ2v) is 7.84. The third kappa shape index (κ3) is 3.20. The zero-order valence-electron chi connectivity index (χ0n) is 17.9. The number of carbonyl (C=O) groups excluding carboxylic acids is 1. The number of carbonyl (C=O) groups is 1. The van der Waals surface area contributed by atoms with Crippen LogP contribution in [0, 0.1) is 18.8 Å². The van der Waals surface area contributed by atoms with E-state index in [0.717, 1.165) is 54.3 Å². The third-order valence-electron chi connectivity index (χ3n) is 5.98. The topological polar surface area (TPSA) is 34.5 Å². The first-order valence-electron chi connectivity index (χ1n) is 10.7. The summed E-state index contributed by atoms with van der Waals surface area (Å²) in [4.78, 5) is 19.0. The summed E-state index contributed by atoms with van der Waals surface area (Å²) in [6, 6.07) is 18.3. The predicted molar refractivity (Wildman–Crippen MR) is 120 cm³/mol. The zero-order chi connectivity index (χ0) is 21.1. The molecular formula is C26H28N2O2. The molecule has 1 amide bonds. The Morgan fingerprint density at radius 1 is 1.07 bits per heavy atom. The Kier molecular flexibility index (Phi) is 5.65. The van der Waals surface area contributed by atoms with E-state index < -0.39 is 5.54 Å². The molecule has 0 radical (unpaired) electrons. The van der Waals surface area contributed by atoms with Gasteiger partial charge in [0.2, 0.25) is 0 Å². The maximum Gasteiger partial charge on any atom is 0.354 e. The first-order valence-corrected chi connectivity index (χ1v) is 10.7. The van der Waals surface area contributed by atoms with Crippen molar-refractivity contribution in [2.24, 2.45) is 0 Å². The number of aryl methyl sites for hydroxylation is 2. The number of amides is 1. The number of hydroxylamine groups is 2. The van der Waals surface area contributed by atoms with Crippen LogP contribution in [0.1, 0.15) is 49.4 Å². The van der Waals surface area contributed by atoms with Gasteiger partial charge in [0.05, 0.1) is 18.3 Å². The smallest absolute Gasteiger partial charge is 0.271 e. The van der Waals surface area contributed by atoms with E-state index in [0.29, 0.717) is 0 Å². The summed E-state index contributed by atoms with van der Waals surface area (Å²) in [7, 11) is 1.56. The van der Waals surface area contributed by atoms with E-state index in [4.69, 9.17) is 4.84 Å². The second-order valence-electron chi connectivity index (χ2n) is 7.84. The third-order valence-corrected chi connectivity index (χ3v) is 5.98. The Morgan fingerprint density at radius 3 is 2.53 bits per heavy atom. The lowest BCUT2D eigenvalue weighted by Gasteiger charge is -2.31. The van der Waals surface area contributed by atoms with Gasteiger partial charge < -0.3 is 0 Å². The summed E-state index contributed by atoms with van der Waals surface area (Å²) in [5.74, 6) is 6.88. The van der Waals surface area contributed by atoms with Gasteiger partial charge in [-0.2, -0.15) is 5.06 Å². The molecule has 30 heavy (non-hydrogen) atoms. The Bertz CT molecular complexity index is 1120. The van der Waals surface area contributed by atoms with Gasteiger partial charge in [0, 0.05) is 11.8 Å². The molecule has 2 heterocycles. The van der Waals surface area contributed by atoms with Crippen molar-refractivity contribution in [1.29, 1.82) is 0 Å². The SMILES string of the molecule is CCCCC1(C#CCCc2ccccc2)c2c(C)c3ccccc3n2C(=O)N1OC. The number of fused-ring (bicyclic) bond motifs is 3. The van der Waals surface area contributed by atoms with Crippen molar-refractivity contribution in [3.05, 3.63) is 71.4 Å². The monoisotopic (exact) mass is 400 g/mol. The van der Waals surface area contributed by atoms with Crippen LogP contribution in [-0.2, 0) is 16.8 Å². The van der Waals surface area contributed by atoms with Gasteiger partial charge in [-0.25, -0.2) is 4.79 Å². The molecule has 0 N–H and O–H groups in total. The number of nitrogens with zero attached hydrogens (tertiary/aromatic N) is 2. The molecule has 0 aliphatic carbocycles. The zero-order valence-corrected chi connectivity index (χ0v) is 17.9. The van der Waals surface area contributed by atoms with Crippen molar-refractivity contribution >= 4 is 16.9 Å². The summed E-state index contributed by atoms with van der Waals surface area (Å²) < 4.78 is 1.80. The molecule has 0 fully saturated rings. The van der Waals surface area contributed by atoms with Crippen LogP contribution in [0.25, 0.3) is 10.9 Å². The Balaban J connectivity index is 1.80. The maximum atomic E-state index is 13.4. The molecule has 1 aliphatic rings. The fourth-order valence-electron chi connectivity index (χ4n) is 4.56. The van der Waals surface area contributed by atoms with Crippen molar-refractivity contribution < 1.29 is 9.63 Å². The first-order chi connectivity index (χ1) is 14.6. The van der Waals surface area contributed by atoms with Crippen molar-refractivity contribution in [1.82, 2.24) is 9.63 Å². The number of aromatic nitrogens is 1. The highest BCUT2D eigenvalue weighted by Crippen LogP contribution is 2.45. The van der Waals surface area contributed by atoms with Gasteiger partial charge in [-0.15, -0.1) is 0 Å². The molecule has 1 atom stereocenters. The van der Waals surface area contributed by atoms with E-state index >= 15 is 0 Å². The lowest BCUT2D eigenvalue weighted by molar-refractivity contribution is -0.134. The highest BCUT2D eigenvalue weighted by Gasteiger charge is 2.52. The number of hydrogen-bond acceptors (Lipinski definition) is 2. The number of benzene rings is 2. The van der Waals surface area contributed by atoms with Gasteiger partial charge in [-0.1, -0.05) is 73.7 Å². The minimum absolute atomic E-state index is 0.162. The Labute approximate surface area is 178 Å². The van der Waals surface area contributed by atoms with Gasteiger partial charge in [0.25, 0.3) is 0 Å². The normalized spacial score (nSPS) is 17.8. The second kappa shape index (κ2) is 8.38. The fraction of sp³-hybridized carbons (Fsp3) is 0.346. The van der Waals surface area contributed by atoms with Crippen LogP contribution in [0.2, 0.25) is 0 Å². The van der Waals surface area contributed by atoms with E-state index in [1.807, 2.05) is 24.3 Å². The van der Waals surface area contributed by atoms with Crippen LogP contribution in [-0.4, -0.2) is 22.8 Å². The van der Waals surface area contributed by atoms with Crippen LogP contribution in [0.4, 0.5) is 4.79 Å². The van der Waals surface area contributed by atoms with Crippen LogP contribution in [0.5, 0.6) is 0 Å². The summed E-state index contributed by atoms with van der Waals surface area (Å²) in [6.07, 6.45) is 4.36. The summed E-state index contributed by atoms with van der Waals surface area (Å²) in [6.45, 7) is 4.25. The van der Waals surface area contributed by atoms with Crippen molar-refractivity contribution in [3.8, 4) is 11.8 Å². The average Bonchev–Trinajstić information content (AvgIpc) is 3.21. The van der Waals surface area contributed by atoms with Crippen LogP contribution in [0.3, 0.4) is 0 Å². The van der Waals surface area contributed by atoms with E-state index in [1.165, 1.54) is 10.6 Å². The van der Waals surface area contributed by atoms with Crippen molar-refractivity contribution in [3.63, 3.8) is 0 Å². The number of unbranched alkanes of at least 4 members (excludes halogenated alkanes) is 1. The van der Waals surface area contributed by atoms with Crippen molar-refractivity contribution in [2.45, 2.75) is 51.5 Å². The molecule has 1 unspecified atom stereocenters. The number of para-hydroxylation sites is 1. The average molecular weight is 401 g/mol. The molecule has 0 saturated carbocycles. The molecule has 3 aromatic rings. The van der Waals surface area contributed by atoms with E-state index in [-0.39, 0.29) is 6.03 Å². The highest BCUT2D eigenvalue weighted by molar-refractivity contribution is 5.98. The quantitative estimate of drug-likeness (QED) is 0.489. The molecule has 4 heteroatoms. The number of rotatable bonds is 6. The van der Waals surface area contributed by atoms with Gasteiger partial charge in [-0.05, 0) is 43.4 Å². The van der Waals surface area contributed by atoms with Gasteiger partial charge in [0.15, 0.2) is 5.54 Å². The molecule has 1 aliphatic heterocycles. The molecule has 0 bridgehead atoms. The van der Waals surface area contributed by atoms with Crippen LogP contribution >= 0.6 is 0 Å². The summed E-state index contributed by atoms with van der Waals surface area (Å²) in [5, 5.41) is 2.59. The van der Waals surface area contributed by atoms with Crippen LogP contribution < -0.4 is 0 Å².